The SMILES string of the molecule is NC(=O)c1cc(Cc2ccnc(NS(=O)(=O)NC3CC3)c2F)c(F)cc1Nc1ccc(I)cc1F. The Labute approximate surface area is 212 Å². The van der Waals surface area contributed by atoms with Gasteiger partial charge in [0.25, 0.3) is 5.91 Å². The number of hydrogen-bond acceptors (Lipinski definition) is 5. The molecule has 35 heavy (non-hydrogen) atoms. The molecule has 0 bridgehead atoms. The van der Waals surface area contributed by atoms with Gasteiger partial charge in [-0.1, -0.05) is 0 Å². The maximum atomic E-state index is 15.0. The number of primary amides is 1. The maximum absolute atomic E-state index is 15.0. The van der Waals surface area contributed by atoms with Crippen molar-refractivity contribution in [1.82, 2.24) is 9.71 Å². The van der Waals surface area contributed by atoms with Crippen molar-refractivity contribution in [2.24, 2.45) is 5.73 Å². The van der Waals surface area contributed by atoms with Crippen LogP contribution in [0.1, 0.15) is 34.3 Å². The Morgan fingerprint density at radius 3 is 2.46 bits per heavy atom. The van der Waals surface area contributed by atoms with Gasteiger partial charge < -0.3 is 11.1 Å². The molecule has 4 rings (SSSR count). The molecule has 8 nitrogen and oxygen atoms in total. The molecule has 1 aromatic heterocycles. The summed E-state index contributed by atoms with van der Waals surface area (Å²) in [6.07, 6.45) is 2.23. The fourth-order valence-electron chi connectivity index (χ4n) is 3.27. The average Bonchev–Trinajstić information content (AvgIpc) is 3.57. The summed E-state index contributed by atoms with van der Waals surface area (Å²) < 4.78 is 73.4. The van der Waals surface area contributed by atoms with Crippen LogP contribution in [-0.4, -0.2) is 25.4 Å². The minimum atomic E-state index is -4.03. The van der Waals surface area contributed by atoms with Crippen LogP contribution in [0, 0.1) is 21.0 Å². The first kappa shape index (κ1) is 25.2. The second kappa shape index (κ2) is 9.99. The van der Waals surface area contributed by atoms with Gasteiger partial charge >= 0.3 is 10.2 Å². The highest BCUT2D eigenvalue weighted by molar-refractivity contribution is 14.1. The minimum absolute atomic E-state index is 0.0111. The summed E-state index contributed by atoms with van der Waals surface area (Å²) in [6, 6.07) is 7.49. The standard InChI is InChI=1S/C22H19F3IN5O3S/c23-16-10-19(29-18-4-1-13(26)9-17(18)24)15(21(27)32)8-12(16)7-11-5-6-28-22(20(11)25)31-35(33,34)30-14-2-3-14/h1,4-6,8-10,14,29-30H,2-3,7H2,(H2,27,32)(H,28,31). The first-order valence-electron chi connectivity index (χ1n) is 10.3. The molecule has 0 aliphatic heterocycles. The van der Waals surface area contributed by atoms with Crippen molar-refractivity contribution in [1.29, 1.82) is 0 Å². The number of aromatic nitrogens is 1. The van der Waals surface area contributed by atoms with Gasteiger partial charge in [-0.25, -0.2) is 18.2 Å². The number of nitrogens with one attached hydrogen (secondary N) is 3. The van der Waals surface area contributed by atoms with Crippen LogP contribution >= 0.6 is 22.6 Å². The van der Waals surface area contributed by atoms with Crippen LogP contribution in [0.3, 0.4) is 0 Å². The van der Waals surface area contributed by atoms with Crippen molar-refractivity contribution in [2.75, 3.05) is 10.0 Å². The highest BCUT2D eigenvalue weighted by atomic mass is 127. The third-order valence-corrected chi connectivity index (χ3v) is 6.91. The lowest BCUT2D eigenvalue weighted by molar-refractivity contribution is 0.100. The molecule has 0 atom stereocenters. The Morgan fingerprint density at radius 1 is 1.06 bits per heavy atom. The number of carbonyl (C=O) groups is 1. The van der Waals surface area contributed by atoms with Crippen molar-refractivity contribution in [3.05, 3.63) is 80.3 Å². The fraction of sp³-hybridized carbons (Fsp3) is 0.182. The molecule has 0 spiro atoms. The maximum Gasteiger partial charge on any atom is 0.300 e. The lowest BCUT2D eigenvalue weighted by Crippen LogP contribution is -2.32. The summed E-state index contributed by atoms with van der Waals surface area (Å²) in [6.45, 7) is 0. The second-order valence-corrected chi connectivity index (χ2v) is 10.6. The van der Waals surface area contributed by atoms with Crippen LogP contribution in [0.4, 0.5) is 30.4 Å². The number of anilines is 3. The number of hydrogen-bond donors (Lipinski definition) is 4. The molecule has 5 N–H and O–H groups in total. The third kappa shape index (κ3) is 6.21. The Morgan fingerprint density at radius 2 is 1.80 bits per heavy atom. The number of pyridine rings is 1. The summed E-state index contributed by atoms with van der Waals surface area (Å²) >= 11 is 1.93. The Balaban J connectivity index is 1.62. The molecule has 1 heterocycles. The van der Waals surface area contributed by atoms with Gasteiger partial charge in [-0.2, -0.15) is 13.1 Å². The predicted octanol–water partition coefficient (Wildman–Crippen LogP) is 3.95. The zero-order valence-corrected chi connectivity index (χ0v) is 20.9. The number of nitrogens with zero attached hydrogens (tertiary/aromatic N) is 1. The van der Waals surface area contributed by atoms with E-state index in [2.05, 4.69) is 15.0 Å². The molecule has 1 fully saturated rings. The van der Waals surface area contributed by atoms with Gasteiger partial charge in [-0.05, 0) is 83.0 Å². The lowest BCUT2D eigenvalue weighted by Gasteiger charge is -2.15. The Hall–Kier alpha value is -2.91. The zero-order chi connectivity index (χ0) is 25.3. The minimum Gasteiger partial charge on any atom is -0.366 e. The topological polar surface area (TPSA) is 126 Å². The highest BCUT2D eigenvalue weighted by Crippen LogP contribution is 2.29. The van der Waals surface area contributed by atoms with E-state index in [-0.39, 0.29) is 40.5 Å². The molecule has 13 heteroatoms. The van der Waals surface area contributed by atoms with E-state index in [9.17, 15) is 26.4 Å². The molecular weight excluding hydrogens is 598 g/mol. The quantitative estimate of drug-likeness (QED) is 0.271. The van der Waals surface area contributed by atoms with E-state index < -0.39 is 39.4 Å². The zero-order valence-electron chi connectivity index (χ0n) is 17.9. The van der Waals surface area contributed by atoms with Crippen LogP contribution in [-0.2, 0) is 16.6 Å². The molecule has 0 saturated heterocycles. The predicted molar refractivity (Wildman–Crippen MR) is 133 cm³/mol. The Kier molecular flexibility index (Phi) is 7.19. The molecule has 1 amide bonds. The molecule has 3 aromatic rings. The van der Waals surface area contributed by atoms with Crippen molar-refractivity contribution in [3.8, 4) is 0 Å². The summed E-state index contributed by atoms with van der Waals surface area (Å²) in [7, 11) is -4.03. The van der Waals surface area contributed by atoms with Crippen molar-refractivity contribution in [3.63, 3.8) is 0 Å². The highest BCUT2D eigenvalue weighted by Gasteiger charge is 2.28. The van der Waals surface area contributed by atoms with E-state index in [4.69, 9.17) is 5.73 Å². The third-order valence-electron chi connectivity index (χ3n) is 5.13. The van der Waals surface area contributed by atoms with E-state index in [0.717, 1.165) is 12.1 Å². The largest absolute Gasteiger partial charge is 0.366 e. The normalized spacial score (nSPS) is 13.5. The molecule has 1 aliphatic rings. The smallest absolute Gasteiger partial charge is 0.300 e. The number of halogens is 4. The number of carbonyl (C=O) groups excluding carboxylic acids is 1. The van der Waals surface area contributed by atoms with E-state index in [1.165, 1.54) is 24.4 Å². The summed E-state index contributed by atoms with van der Waals surface area (Å²) in [5.41, 5.74) is 5.11. The monoisotopic (exact) mass is 617 g/mol. The van der Waals surface area contributed by atoms with E-state index in [1.807, 2.05) is 27.3 Å². The molecule has 1 aliphatic carbocycles. The Bertz CT molecular complexity index is 1420. The average molecular weight is 617 g/mol. The van der Waals surface area contributed by atoms with Crippen molar-refractivity contribution < 1.29 is 26.4 Å². The van der Waals surface area contributed by atoms with Gasteiger partial charge in [0.05, 0.1) is 16.9 Å². The number of nitrogens with two attached hydrogens (primary N) is 1. The molecular formula is C22H19F3IN5O3S. The van der Waals surface area contributed by atoms with Crippen LogP contribution in [0.15, 0.2) is 42.6 Å². The fourth-order valence-corrected chi connectivity index (χ4v) is 4.85. The summed E-state index contributed by atoms with van der Waals surface area (Å²) in [5.74, 6) is -3.86. The van der Waals surface area contributed by atoms with Gasteiger partial charge in [-0.15, -0.1) is 0 Å². The first-order valence-corrected chi connectivity index (χ1v) is 12.9. The van der Waals surface area contributed by atoms with Gasteiger partial charge in [0.15, 0.2) is 11.6 Å². The number of rotatable bonds is 9. The number of amides is 1. The molecule has 0 radical (unpaired) electrons. The van der Waals surface area contributed by atoms with Gasteiger partial charge in [0.2, 0.25) is 0 Å². The summed E-state index contributed by atoms with van der Waals surface area (Å²) in [4.78, 5) is 15.8. The van der Waals surface area contributed by atoms with Crippen molar-refractivity contribution >= 4 is 55.9 Å². The lowest BCUT2D eigenvalue weighted by atomic mass is 10.0. The van der Waals surface area contributed by atoms with Gasteiger partial charge in [-0.3, -0.25) is 9.52 Å². The van der Waals surface area contributed by atoms with E-state index >= 15 is 0 Å². The van der Waals surface area contributed by atoms with Crippen molar-refractivity contribution in [2.45, 2.75) is 25.3 Å². The van der Waals surface area contributed by atoms with E-state index in [1.54, 1.807) is 6.07 Å². The van der Waals surface area contributed by atoms with Gasteiger partial charge in [0.1, 0.15) is 11.6 Å². The van der Waals surface area contributed by atoms with E-state index in [0.29, 0.717) is 16.4 Å². The molecule has 184 valence electrons. The molecule has 2 aromatic carbocycles. The van der Waals surface area contributed by atoms with Crippen LogP contribution in [0.25, 0.3) is 0 Å². The van der Waals surface area contributed by atoms with Crippen LogP contribution in [0.2, 0.25) is 0 Å². The second-order valence-electron chi connectivity index (χ2n) is 7.91. The van der Waals surface area contributed by atoms with Crippen LogP contribution < -0.4 is 20.5 Å². The first-order chi connectivity index (χ1) is 16.5. The van der Waals surface area contributed by atoms with Crippen LogP contribution in [0.5, 0.6) is 0 Å². The van der Waals surface area contributed by atoms with Gasteiger partial charge in [0, 0.05) is 22.2 Å². The molecule has 1 saturated carbocycles. The molecule has 0 unspecified atom stereocenters. The number of benzene rings is 2. The summed E-state index contributed by atoms with van der Waals surface area (Å²) in [5, 5.41) is 2.66.